The van der Waals surface area contributed by atoms with Gasteiger partial charge in [0, 0.05) is 18.7 Å². The van der Waals surface area contributed by atoms with Crippen LogP contribution in [0.2, 0.25) is 0 Å². The predicted octanol–water partition coefficient (Wildman–Crippen LogP) is 4.22. The fraction of sp³-hybridized carbons (Fsp3) is 0.500. The summed E-state index contributed by atoms with van der Waals surface area (Å²) in [5.74, 6) is 1.01. The molecule has 2 heterocycles. The largest absolute Gasteiger partial charge is 0.484 e. The molecule has 124 valence electrons. The van der Waals surface area contributed by atoms with Gasteiger partial charge in [-0.2, -0.15) is 0 Å². The Morgan fingerprint density at radius 2 is 2.00 bits per heavy atom. The van der Waals surface area contributed by atoms with Crippen molar-refractivity contribution in [2.24, 2.45) is 0 Å². The summed E-state index contributed by atoms with van der Waals surface area (Å²) in [5, 5.41) is 0. The standard InChI is InChI=1S/C20H28N2O/c1-3-21(4-2)15-7-8-16-22-17-11-13-18(14-12-17)23-20-10-6-5-9-19(20)22/h5-6,9-13,18H,3-4,7-8,14-16H2,1-2H3. The zero-order chi connectivity index (χ0) is 16.1. The molecule has 3 heteroatoms. The summed E-state index contributed by atoms with van der Waals surface area (Å²) in [6.07, 6.45) is 10.3. The van der Waals surface area contributed by atoms with Gasteiger partial charge in [-0.25, -0.2) is 0 Å². The first-order chi connectivity index (χ1) is 11.3. The molecular formula is C20H28N2O. The smallest absolute Gasteiger partial charge is 0.143 e. The summed E-state index contributed by atoms with van der Waals surface area (Å²) in [4.78, 5) is 4.92. The van der Waals surface area contributed by atoms with Crippen LogP contribution in [0.15, 0.2) is 48.2 Å². The fourth-order valence-electron chi connectivity index (χ4n) is 3.35. The second-order valence-corrected chi connectivity index (χ2v) is 6.23. The third-order valence-electron chi connectivity index (χ3n) is 4.79. The lowest BCUT2D eigenvalue weighted by atomic mass is 10.1. The van der Waals surface area contributed by atoms with Gasteiger partial charge in [0.05, 0.1) is 5.69 Å². The van der Waals surface area contributed by atoms with Crippen LogP contribution in [-0.4, -0.2) is 37.2 Å². The van der Waals surface area contributed by atoms with Crippen LogP contribution < -0.4 is 9.64 Å². The Kier molecular flexibility index (Phi) is 5.39. The van der Waals surface area contributed by atoms with Gasteiger partial charge in [-0.15, -0.1) is 0 Å². The van der Waals surface area contributed by atoms with Crippen molar-refractivity contribution in [3.05, 3.63) is 48.2 Å². The number of rotatable bonds is 7. The molecule has 0 radical (unpaired) electrons. The number of allylic oxidation sites excluding steroid dienone is 1. The lowest BCUT2D eigenvalue weighted by molar-refractivity contribution is 0.249. The van der Waals surface area contributed by atoms with Crippen molar-refractivity contribution >= 4 is 5.69 Å². The third kappa shape index (κ3) is 3.78. The average Bonchev–Trinajstić information content (AvgIpc) is 2.58. The van der Waals surface area contributed by atoms with Crippen LogP contribution in [-0.2, 0) is 0 Å². The van der Waals surface area contributed by atoms with Gasteiger partial charge >= 0.3 is 0 Å². The number of hydrogen-bond acceptors (Lipinski definition) is 3. The second kappa shape index (κ2) is 7.69. The molecule has 0 aromatic heterocycles. The maximum Gasteiger partial charge on any atom is 0.143 e. The molecule has 0 saturated carbocycles. The molecular weight excluding hydrogens is 284 g/mol. The molecule has 1 atom stereocenters. The van der Waals surface area contributed by atoms with E-state index in [2.05, 4.69) is 66.1 Å². The van der Waals surface area contributed by atoms with Gasteiger partial charge in [-0.3, -0.25) is 0 Å². The fourth-order valence-corrected chi connectivity index (χ4v) is 3.35. The van der Waals surface area contributed by atoms with Crippen LogP contribution >= 0.6 is 0 Å². The number of ether oxygens (including phenoxy) is 1. The Morgan fingerprint density at radius 1 is 1.17 bits per heavy atom. The summed E-state index contributed by atoms with van der Waals surface area (Å²) in [6.45, 7) is 9.00. The van der Waals surface area contributed by atoms with Crippen molar-refractivity contribution in [1.82, 2.24) is 4.90 Å². The second-order valence-electron chi connectivity index (χ2n) is 6.23. The van der Waals surface area contributed by atoms with Crippen LogP contribution in [0.25, 0.3) is 0 Å². The average molecular weight is 312 g/mol. The molecule has 1 unspecified atom stereocenters. The highest BCUT2D eigenvalue weighted by Gasteiger charge is 2.22. The Morgan fingerprint density at radius 3 is 2.74 bits per heavy atom. The minimum absolute atomic E-state index is 0.185. The van der Waals surface area contributed by atoms with Crippen molar-refractivity contribution < 1.29 is 4.74 Å². The van der Waals surface area contributed by atoms with E-state index in [1.54, 1.807) is 0 Å². The maximum absolute atomic E-state index is 6.15. The first-order valence-corrected chi connectivity index (χ1v) is 8.95. The quantitative estimate of drug-likeness (QED) is 0.701. The number of anilines is 1. The first kappa shape index (κ1) is 16.1. The van der Waals surface area contributed by atoms with Gasteiger partial charge in [0.15, 0.2) is 0 Å². The topological polar surface area (TPSA) is 15.7 Å². The SMILES string of the molecule is CCN(CC)CCCCN1C2=CCC(C=C2)Oc2ccccc21. The third-order valence-corrected chi connectivity index (χ3v) is 4.79. The molecule has 0 amide bonds. The molecule has 1 aromatic rings. The molecule has 23 heavy (non-hydrogen) atoms. The Labute approximate surface area is 140 Å². The van der Waals surface area contributed by atoms with Crippen molar-refractivity contribution in [1.29, 1.82) is 0 Å². The van der Waals surface area contributed by atoms with E-state index in [1.165, 1.54) is 30.8 Å². The van der Waals surface area contributed by atoms with E-state index in [9.17, 15) is 0 Å². The lowest BCUT2D eigenvalue weighted by Crippen LogP contribution is -2.30. The lowest BCUT2D eigenvalue weighted by Gasteiger charge is -2.34. The van der Waals surface area contributed by atoms with E-state index < -0.39 is 0 Å². The molecule has 1 aliphatic carbocycles. The van der Waals surface area contributed by atoms with Crippen LogP contribution in [0.3, 0.4) is 0 Å². The summed E-state index contributed by atoms with van der Waals surface area (Å²) in [6, 6.07) is 8.43. The summed E-state index contributed by atoms with van der Waals surface area (Å²) in [5.41, 5.74) is 2.52. The summed E-state index contributed by atoms with van der Waals surface area (Å²) < 4.78 is 6.15. The normalized spacial score (nSPS) is 19.2. The zero-order valence-corrected chi connectivity index (χ0v) is 14.4. The van der Waals surface area contributed by atoms with Crippen molar-refractivity contribution in [3.63, 3.8) is 0 Å². The summed E-state index contributed by atoms with van der Waals surface area (Å²) >= 11 is 0. The molecule has 0 spiro atoms. The molecule has 0 fully saturated rings. The number of fused-ring (bicyclic) bond motifs is 1. The number of nitrogens with zero attached hydrogens (tertiary/aromatic N) is 2. The molecule has 1 aromatic carbocycles. The molecule has 0 N–H and O–H groups in total. The highest BCUT2D eigenvalue weighted by atomic mass is 16.5. The minimum Gasteiger partial charge on any atom is -0.484 e. The molecule has 3 aliphatic rings. The monoisotopic (exact) mass is 312 g/mol. The van der Waals surface area contributed by atoms with Crippen LogP contribution in [0.1, 0.15) is 33.1 Å². The van der Waals surface area contributed by atoms with E-state index in [0.717, 1.165) is 31.8 Å². The number of unbranched alkanes of at least 4 members (excludes halogenated alkanes) is 1. The van der Waals surface area contributed by atoms with Gasteiger partial charge in [-0.05, 0) is 56.8 Å². The Balaban J connectivity index is 1.69. The van der Waals surface area contributed by atoms with Crippen molar-refractivity contribution in [2.45, 2.75) is 39.2 Å². The van der Waals surface area contributed by atoms with Gasteiger partial charge in [0.2, 0.25) is 0 Å². The number of hydrogen-bond donors (Lipinski definition) is 0. The van der Waals surface area contributed by atoms with Crippen molar-refractivity contribution in [2.75, 3.05) is 31.1 Å². The summed E-state index contributed by atoms with van der Waals surface area (Å²) in [7, 11) is 0. The van der Waals surface area contributed by atoms with Crippen LogP contribution in [0.4, 0.5) is 5.69 Å². The van der Waals surface area contributed by atoms with E-state index in [1.807, 2.05) is 0 Å². The Bertz CT molecular complexity index is 575. The van der Waals surface area contributed by atoms with Crippen molar-refractivity contribution in [3.8, 4) is 5.75 Å². The van der Waals surface area contributed by atoms with E-state index >= 15 is 0 Å². The molecule has 2 aliphatic heterocycles. The zero-order valence-electron chi connectivity index (χ0n) is 14.4. The van der Waals surface area contributed by atoms with Gasteiger partial charge in [0.1, 0.15) is 11.9 Å². The first-order valence-electron chi connectivity index (χ1n) is 8.95. The highest BCUT2D eigenvalue weighted by molar-refractivity contribution is 5.65. The molecule has 4 rings (SSSR count). The minimum atomic E-state index is 0.185. The maximum atomic E-state index is 6.15. The van der Waals surface area contributed by atoms with Crippen LogP contribution in [0.5, 0.6) is 5.75 Å². The number of para-hydroxylation sites is 2. The van der Waals surface area contributed by atoms with E-state index in [0.29, 0.717) is 0 Å². The predicted molar refractivity (Wildman–Crippen MR) is 97.1 cm³/mol. The Hall–Kier alpha value is -1.74. The van der Waals surface area contributed by atoms with E-state index in [-0.39, 0.29) is 6.10 Å². The van der Waals surface area contributed by atoms with Crippen LogP contribution in [0, 0.1) is 0 Å². The highest BCUT2D eigenvalue weighted by Crippen LogP contribution is 2.36. The van der Waals surface area contributed by atoms with Gasteiger partial charge in [0.25, 0.3) is 0 Å². The van der Waals surface area contributed by atoms with Gasteiger partial charge < -0.3 is 14.5 Å². The molecule has 2 bridgehead atoms. The van der Waals surface area contributed by atoms with Gasteiger partial charge in [-0.1, -0.05) is 32.1 Å². The van der Waals surface area contributed by atoms with E-state index in [4.69, 9.17) is 4.74 Å². The number of benzene rings is 1. The molecule has 0 saturated heterocycles. The molecule has 3 nitrogen and oxygen atoms in total.